The first-order valence-corrected chi connectivity index (χ1v) is 8.07. The van der Waals surface area contributed by atoms with Crippen LogP contribution >= 0.6 is 11.8 Å². The number of methoxy groups -OCH3 is 1. The highest BCUT2D eigenvalue weighted by Gasteiger charge is 2.20. The van der Waals surface area contributed by atoms with Crippen molar-refractivity contribution in [1.29, 1.82) is 0 Å². The summed E-state index contributed by atoms with van der Waals surface area (Å²) in [5, 5.41) is 0. The van der Waals surface area contributed by atoms with Gasteiger partial charge in [0, 0.05) is 23.6 Å². The lowest BCUT2D eigenvalue weighted by Gasteiger charge is -2.10. The molecular formula is C15H23NO2S. The molecule has 0 radical (unpaired) electrons. The second-order valence-electron chi connectivity index (χ2n) is 5.13. The standard InChI is InChI=1S/C15H23NO2S/c1-11-9-16-13(8-15(11)17-3)10-19-7-6-14-5-4-12(2)18-14/h8-9,12,14H,4-7,10H2,1-3H3. The van der Waals surface area contributed by atoms with Crippen molar-refractivity contribution < 1.29 is 9.47 Å². The van der Waals surface area contributed by atoms with E-state index in [0.717, 1.165) is 34.9 Å². The minimum Gasteiger partial charge on any atom is -0.496 e. The van der Waals surface area contributed by atoms with Crippen molar-refractivity contribution in [3.05, 3.63) is 23.5 Å². The summed E-state index contributed by atoms with van der Waals surface area (Å²) in [5.41, 5.74) is 2.18. The van der Waals surface area contributed by atoms with Crippen LogP contribution in [-0.2, 0) is 10.5 Å². The first-order valence-electron chi connectivity index (χ1n) is 6.91. The summed E-state index contributed by atoms with van der Waals surface area (Å²) < 4.78 is 11.1. The first-order chi connectivity index (χ1) is 9.19. The third-order valence-electron chi connectivity index (χ3n) is 3.48. The highest BCUT2D eigenvalue weighted by molar-refractivity contribution is 7.98. The van der Waals surface area contributed by atoms with E-state index in [1.165, 1.54) is 12.8 Å². The van der Waals surface area contributed by atoms with E-state index in [-0.39, 0.29) is 0 Å². The quantitative estimate of drug-likeness (QED) is 0.746. The van der Waals surface area contributed by atoms with Crippen LogP contribution in [0.15, 0.2) is 12.3 Å². The summed E-state index contributed by atoms with van der Waals surface area (Å²) in [6.07, 6.45) is 6.40. The third-order valence-corrected chi connectivity index (χ3v) is 4.51. The number of hydrogen-bond acceptors (Lipinski definition) is 4. The van der Waals surface area contributed by atoms with Crippen LogP contribution in [0.25, 0.3) is 0 Å². The second kappa shape index (κ2) is 7.15. The Hall–Kier alpha value is -0.740. The number of aryl methyl sites for hydroxylation is 1. The average molecular weight is 281 g/mol. The topological polar surface area (TPSA) is 31.4 Å². The van der Waals surface area contributed by atoms with Crippen molar-refractivity contribution in [3.63, 3.8) is 0 Å². The molecule has 2 heterocycles. The number of rotatable bonds is 6. The van der Waals surface area contributed by atoms with Gasteiger partial charge in [0.15, 0.2) is 0 Å². The summed E-state index contributed by atoms with van der Waals surface area (Å²) >= 11 is 1.92. The zero-order valence-corrected chi connectivity index (χ0v) is 12.8. The fourth-order valence-corrected chi connectivity index (χ4v) is 3.27. The zero-order chi connectivity index (χ0) is 13.7. The lowest BCUT2D eigenvalue weighted by molar-refractivity contribution is 0.0546. The molecule has 1 aliphatic heterocycles. The molecule has 0 amide bonds. The van der Waals surface area contributed by atoms with Crippen molar-refractivity contribution in [3.8, 4) is 5.75 Å². The summed E-state index contributed by atoms with van der Waals surface area (Å²) in [7, 11) is 1.71. The van der Waals surface area contributed by atoms with Gasteiger partial charge < -0.3 is 9.47 Å². The van der Waals surface area contributed by atoms with Gasteiger partial charge in [-0.3, -0.25) is 4.98 Å². The molecule has 0 saturated carbocycles. The lowest BCUT2D eigenvalue weighted by atomic mass is 10.2. The summed E-state index contributed by atoms with van der Waals surface area (Å²) in [5.74, 6) is 3.01. The first kappa shape index (κ1) is 14.7. The van der Waals surface area contributed by atoms with Crippen LogP contribution in [0.3, 0.4) is 0 Å². The van der Waals surface area contributed by atoms with Crippen molar-refractivity contribution >= 4 is 11.8 Å². The molecule has 0 aliphatic carbocycles. The normalized spacial score (nSPS) is 22.7. The number of pyridine rings is 1. The Morgan fingerprint density at radius 1 is 1.47 bits per heavy atom. The van der Waals surface area contributed by atoms with Gasteiger partial charge in [-0.15, -0.1) is 0 Å². The number of nitrogens with zero attached hydrogens (tertiary/aromatic N) is 1. The molecule has 0 spiro atoms. The van der Waals surface area contributed by atoms with E-state index >= 15 is 0 Å². The maximum absolute atomic E-state index is 5.82. The Balaban J connectivity index is 1.70. The predicted octanol–water partition coefficient (Wildman–Crippen LogP) is 3.59. The number of hydrogen-bond donors (Lipinski definition) is 0. The molecule has 1 saturated heterocycles. The van der Waals surface area contributed by atoms with Crippen molar-refractivity contribution in [2.24, 2.45) is 0 Å². The number of thioether (sulfide) groups is 1. The van der Waals surface area contributed by atoms with E-state index < -0.39 is 0 Å². The summed E-state index contributed by atoms with van der Waals surface area (Å²) in [4.78, 5) is 4.44. The molecule has 106 valence electrons. The maximum atomic E-state index is 5.82. The number of ether oxygens (including phenoxy) is 2. The smallest absolute Gasteiger partial charge is 0.125 e. The molecule has 1 fully saturated rings. The lowest BCUT2D eigenvalue weighted by Crippen LogP contribution is -2.09. The summed E-state index contributed by atoms with van der Waals surface area (Å²) in [6, 6.07) is 2.04. The van der Waals surface area contributed by atoms with Crippen molar-refractivity contribution in [2.45, 2.75) is 51.1 Å². The number of aromatic nitrogens is 1. The molecule has 2 unspecified atom stereocenters. The van der Waals surface area contributed by atoms with Gasteiger partial charge >= 0.3 is 0 Å². The van der Waals surface area contributed by atoms with Gasteiger partial charge in [-0.2, -0.15) is 11.8 Å². The molecule has 1 aliphatic rings. The SMILES string of the molecule is COc1cc(CSCCC2CCC(C)O2)ncc1C. The van der Waals surface area contributed by atoms with Crippen molar-refractivity contribution in [2.75, 3.05) is 12.9 Å². The van der Waals surface area contributed by atoms with Crippen LogP contribution in [0.2, 0.25) is 0 Å². The molecule has 2 rings (SSSR count). The Labute approximate surface area is 120 Å². The van der Waals surface area contributed by atoms with Crippen LogP contribution in [0, 0.1) is 6.92 Å². The van der Waals surface area contributed by atoms with Crippen LogP contribution in [0.5, 0.6) is 5.75 Å². The molecule has 2 atom stereocenters. The third kappa shape index (κ3) is 4.39. The van der Waals surface area contributed by atoms with Crippen molar-refractivity contribution in [1.82, 2.24) is 4.98 Å². The molecule has 1 aromatic heterocycles. The van der Waals surface area contributed by atoms with Gasteiger partial charge in [-0.1, -0.05) is 0 Å². The Bertz CT molecular complexity index is 411. The Morgan fingerprint density at radius 2 is 2.32 bits per heavy atom. The molecule has 3 nitrogen and oxygen atoms in total. The van der Waals surface area contributed by atoms with E-state index in [9.17, 15) is 0 Å². The fraction of sp³-hybridized carbons (Fsp3) is 0.667. The molecule has 0 N–H and O–H groups in total. The van der Waals surface area contributed by atoms with Gasteiger partial charge in [0.05, 0.1) is 25.0 Å². The van der Waals surface area contributed by atoms with Gasteiger partial charge in [0.25, 0.3) is 0 Å². The fourth-order valence-electron chi connectivity index (χ4n) is 2.33. The molecule has 19 heavy (non-hydrogen) atoms. The largest absolute Gasteiger partial charge is 0.496 e. The second-order valence-corrected chi connectivity index (χ2v) is 6.24. The molecule has 0 aromatic carbocycles. The molecule has 4 heteroatoms. The Kier molecular flexibility index (Phi) is 5.52. The van der Waals surface area contributed by atoms with Gasteiger partial charge in [0.1, 0.15) is 5.75 Å². The minimum atomic E-state index is 0.457. The predicted molar refractivity (Wildman–Crippen MR) is 79.9 cm³/mol. The highest BCUT2D eigenvalue weighted by atomic mass is 32.2. The van der Waals surface area contributed by atoms with E-state index in [2.05, 4.69) is 11.9 Å². The van der Waals surface area contributed by atoms with Crippen LogP contribution in [0.1, 0.15) is 37.4 Å². The van der Waals surface area contributed by atoms with Gasteiger partial charge in [-0.25, -0.2) is 0 Å². The molecular weight excluding hydrogens is 258 g/mol. The minimum absolute atomic E-state index is 0.457. The average Bonchev–Trinajstić information content (AvgIpc) is 2.82. The van der Waals surface area contributed by atoms with E-state index in [4.69, 9.17) is 9.47 Å². The molecule has 0 bridgehead atoms. The van der Waals surface area contributed by atoms with E-state index in [0.29, 0.717) is 12.2 Å². The van der Waals surface area contributed by atoms with Crippen LogP contribution in [0.4, 0.5) is 0 Å². The van der Waals surface area contributed by atoms with E-state index in [1.807, 2.05) is 30.9 Å². The molecule has 1 aromatic rings. The van der Waals surface area contributed by atoms with Crippen LogP contribution in [-0.4, -0.2) is 30.1 Å². The van der Waals surface area contributed by atoms with E-state index in [1.54, 1.807) is 7.11 Å². The highest BCUT2D eigenvalue weighted by Crippen LogP contribution is 2.24. The van der Waals surface area contributed by atoms with Crippen LogP contribution < -0.4 is 4.74 Å². The maximum Gasteiger partial charge on any atom is 0.125 e. The van der Waals surface area contributed by atoms with Gasteiger partial charge in [-0.05, 0) is 38.9 Å². The summed E-state index contributed by atoms with van der Waals surface area (Å²) in [6.45, 7) is 4.18. The zero-order valence-electron chi connectivity index (χ0n) is 12.0. The Morgan fingerprint density at radius 3 is 3.00 bits per heavy atom. The van der Waals surface area contributed by atoms with Gasteiger partial charge in [0.2, 0.25) is 0 Å². The monoisotopic (exact) mass is 281 g/mol.